The summed E-state index contributed by atoms with van der Waals surface area (Å²) in [5, 5.41) is 12.7. The zero-order valence-electron chi connectivity index (χ0n) is 14.2. The molecule has 25 heavy (non-hydrogen) atoms. The van der Waals surface area contributed by atoms with Crippen molar-refractivity contribution in [2.24, 2.45) is 0 Å². The molecule has 5 heteroatoms. The minimum Gasteiger partial charge on any atom is -0.481 e. The van der Waals surface area contributed by atoms with Crippen LogP contribution in [0.25, 0.3) is 21.3 Å². The van der Waals surface area contributed by atoms with Crippen molar-refractivity contribution in [2.75, 3.05) is 6.61 Å². The molecule has 4 rings (SSSR count). The summed E-state index contributed by atoms with van der Waals surface area (Å²) in [6, 6.07) is 10.5. The summed E-state index contributed by atoms with van der Waals surface area (Å²) in [4.78, 5) is 16.3. The Morgan fingerprint density at radius 2 is 2.24 bits per heavy atom. The number of aliphatic carboxylic acids is 1. The molecule has 2 N–H and O–H groups in total. The van der Waals surface area contributed by atoms with Crippen LogP contribution in [0.2, 0.25) is 0 Å². The SMILES string of the molecule is CCCC1(CC(=O)O)OCCc2c1[nH]c1c(-c3cccs3)cccc21. The number of rotatable bonds is 5. The summed E-state index contributed by atoms with van der Waals surface area (Å²) in [5.74, 6) is -0.821. The molecule has 1 atom stereocenters. The molecule has 2 aromatic heterocycles. The third-order valence-corrected chi connectivity index (χ3v) is 5.91. The number of carboxylic acids is 1. The third-order valence-electron chi connectivity index (χ3n) is 5.00. The van der Waals surface area contributed by atoms with Gasteiger partial charge in [0.1, 0.15) is 5.60 Å². The van der Waals surface area contributed by atoms with E-state index in [-0.39, 0.29) is 6.42 Å². The van der Waals surface area contributed by atoms with Gasteiger partial charge >= 0.3 is 5.97 Å². The highest BCUT2D eigenvalue weighted by molar-refractivity contribution is 7.13. The molecule has 0 radical (unpaired) electrons. The van der Waals surface area contributed by atoms with E-state index in [4.69, 9.17) is 4.74 Å². The average Bonchev–Trinajstić information content (AvgIpc) is 3.22. The Bertz CT molecular complexity index is 913. The molecular weight excluding hydrogens is 334 g/mol. The first-order chi connectivity index (χ1) is 12.1. The molecule has 0 spiro atoms. The molecule has 0 fully saturated rings. The Hall–Kier alpha value is -2.11. The van der Waals surface area contributed by atoms with Gasteiger partial charge in [-0.1, -0.05) is 37.6 Å². The zero-order chi connectivity index (χ0) is 17.4. The fourth-order valence-corrected chi connectivity index (χ4v) is 4.81. The molecule has 0 saturated carbocycles. The van der Waals surface area contributed by atoms with Crippen molar-refractivity contribution in [2.45, 2.75) is 38.2 Å². The number of thiophene rings is 1. The van der Waals surface area contributed by atoms with E-state index in [0.29, 0.717) is 13.0 Å². The number of fused-ring (bicyclic) bond motifs is 3. The van der Waals surface area contributed by atoms with Gasteiger partial charge < -0.3 is 14.8 Å². The van der Waals surface area contributed by atoms with Gasteiger partial charge in [0.2, 0.25) is 0 Å². The molecule has 3 heterocycles. The molecule has 0 bridgehead atoms. The molecule has 1 unspecified atom stereocenters. The third kappa shape index (κ3) is 2.68. The molecule has 0 aliphatic carbocycles. The standard InChI is InChI=1S/C20H21NO3S/c1-2-9-20(12-17(22)23)19-14(8-10-24-20)13-5-3-6-15(18(13)21-19)16-7-4-11-25-16/h3-7,11,21H,2,8-10,12H2,1H3,(H,22,23). The predicted molar refractivity (Wildman–Crippen MR) is 100 cm³/mol. The van der Waals surface area contributed by atoms with Crippen molar-refractivity contribution in [1.29, 1.82) is 0 Å². The first-order valence-electron chi connectivity index (χ1n) is 8.68. The molecule has 130 valence electrons. The lowest BCUT2D eigenvalue weighted by molar-refractivity contribution is -0.149. The van der Waals surface area contributed by atoms with Crippen molar-refractivity contribution in [3.8, 4) is 10.4 Å². The quantitative estimate of drug-likeness (QED) is 0.681. The fraction of sp³-hybridized carbons (Fsp3) is 0.350. The first-order valence-corrected chi connectivity index (χ1v) is 9.56. The number of para-hydroxylation sites is 1. The van der Waals surface area contributed by atoms with E-state index < -0.39 is 11.6 Å². The highest BCUT2D eigenvalue weighted by Gasteiger charge is 2.41. The summed E-state index contributed by atoms with van der Waals surface area (Å²) in [7, 11) is 0. The highest BCUT2D eigenvalue weighted by Crippen LogP contribution is 2.44. The van der Waals surface area contributed by atoms with Crippen LogP contribution in [0.3, 0.4) is 0 Å². The number of aromatic amines is 1. The summed E-state index contributed by atoms with van der Waals surface area (Å²) in [6.45, 7) is 2.64. The van der Waals surface area contributed by atoms with Gasteiger partial charge in [-0.2, -0.15) is 0 Å². The topological polar surface area (TPSA) is 62.3 Å². The van der Waals surface area contributed by atoms with Gasteiger partial charge in [0.25, 0.3) is 0 Å². The fourth-order valence-electron chi connectivity index (χ4n) is 4.05. The summed E-state index contributed by atoms with van der Waals surface area (Å²) >= 11 is 1.71. The maximum absolute atomic E-state index is 11.5. The van der Waals surface area contributed by atoms with Crippen LogP contribution in [0.15, 0.2) is 35.7 Å². The number of carbonyl (C=O) groups is 1. The van der Waals surface area contributed by atoms with Gasteiger partial charge in [-0.3, -0.25) is 4.79 Å². The Morgan fingerprint density at radius 3 is 2.96 bits per heavy atom. The number of benzene rings is 1. The Morgan fingerprint density at radius 1 is 1.36 bits per heavy atom. The van der Waals surface area contributed by atoms with Crippen LogP contribution in [-0.2, 0) is 21.6 Å². The summed E-state index contributed by atoms with van der Waals surface area (Å²) in [5.41, 5.74) is 3.69. The average molecular weight is 355 g/mol. The highest BCUT2D eigenvalue weighted by atomic mass is 32.1. The summed E-state index contributed by atoms with van der Waals surface area (Å²) in [6.07, 6.45) is 2.39. The van der Waals surface area contributed by atoms with E-state index in [1.165, 1.54) is 21.4 Å². The molecule has 0 saturated heterocycles. The number of aromatic nitrogens is 1. The van der Waals surface area contributed by atoms with Crippen molar-refractivity contribution < 1.29 is 14.6 Å². The minimum absolute atomic E-state index is 0.00496. The molecule has 0 amide bonds. The van der Waals surface area contributed by atoms with E-state index >= 15 is 0 Å². The van der Waals surface area contributed by atoms with Gasteiger partial charge in [-0.25, -0.2) is 0 Å². The number of hydrogen-bond acceptors (Lipinski definition) is 3. The van der Waals surface area contributed by atoms with Crippen LogP contribution in [0.5, 0.6) is 0 Å². The van der Waals surface area contributed by atoms with Gasteiger partial charge in [-0.05, 0) is 29.9 Å². The number of ether oxygens (including phenoxy) is 1. The van der Waals surface area contributed by atoms with Gasteiger partial charge in [-0.15, -0.1) is 11.3 Å². The lowest BCUT2D eigenvalue weighted by atomic mass is 9.85. The maximum atomic E-state index is 11.5. The van der Waals surface area contributed by atoms with E-state index in [1.807, 2.05) is 0 Å². The van der Waals surface area contributed by atoms with E-state index in [9.17, 15) is 9.90 Å². The van der Waals surface area contributed by atoms with E-state index in [0.717, 1.165) is 24.1 Å². The summed E-state index contributed by atoms with van der Waals surface area (Å²) < 4.78 is 6.09. The van der Waals surface area contributed by atoms with Crippen LogP contribution < -0.4 is 0 Å². The number of hydrogen-bond donors (Lipinski definition) is 2. The molecule has 4 nitrogen and oxygen atoms in total. The second-order valence-electron chi connectivity index (χ2n) is 6.60. The van der Waals surface area contributed by atoms with E-state index in [1.54, 1.807) is 11.3 Å². The zero-order valence-corrected chi connectivity index (χ0v) is 15.0. The second-order valence-corrected chi connectivity index (χ2v) is 7.54. The number of nitrogens with one attached hydrogen (secondary N) is 1. The second kappa shape index (κ2) is 6.32. The predicted octanol–water partition coefficient (Wildman–Crippen LogP) is 4.94. The van der Waals surface area contributed by atoms with Crippen LogP contribution in [0.1, 0.15) is 37.4 Å². The van der Waals surface area contributed by atoms with Gasteiger partial charge in [0.15, 0.2) is 0 Å². The molecule has 1 aliphatic rings. The lowest BCUT2D eigenvalue weighted by Crippen LogP contribution is -2.37. The van der Waals surface area contributed by atoms with Crippen molar-refractivity contribution in [3.63, 3.8) is 0 Å². The molecule has 3 aromatic rings. The Kier molecular flexibility index (Phi) is 4.13. The van der Waals surface area contributed by atoms with Crippen LogP contribution in [0, 0.1) is 0 Å². The van der Waals surface area contributed by atoms with E-state index in [2.05, 4.69) is 47.6 Å². The van der Waals surface area contributed by atoms with Gasteiger partial charge in [0, 0.05) is 15.8 Å². The maximum Gasteiger partial charge on any atom is 0.306 e. The normalized spacial score (nSPS) is 19.9. The Balaban J connectivity index is 1.95. The van der Waals surface area contributed by atoms with Crippen LogP contribution in [0.4, 0.5) is 0 Å². The van der Waals surface area contributed by atoms with Crippen LogP contribution in [-0.4, -0.2) is 22.7 Å². The molecule has 1 aromatic carbocycles. The van der Waals surface area contributed by atoms with Crippen molar-refractivity contribution in [3.05, 3.63) is 47.0 Å². The molecular formula is C20H21NO3S. The monoisotopic (exact) mass is 355 g/mol. The first kappa shape index (κ1) is 16.4. The molecule has 1 aliphatic heterocycles. The van der Waals surface area contributed by atoms with Crippen molar-refractivity contribution >= 4 is 28.2 Å². The van der Waals surface area contributed by atoms with Gasteiger partial charge in [0.05, 0.1) is 24.2 Å². The number of H-pyrrole nitrogens is 1. The lowest BCUT2D eigenvalue weighted by Gasteiger charge is -2.36. The largest absolute Gasteiger partial charge is 0.481 e. The number of carboxylic acid groups (broad SMARTS) is 1. The smallest absolute Gasteiger partial charge is 0.306 e. The Labute approximate surface area is 150 Å². The minimum atomic E-state index is -0.821. The van der Waals surface area contributed by atoms with Crippen molar-refractivity contribution in [1.82, 2.24) is 4.98 Å². The van der Waals surface area contributed by atoms with Crippen LogP contribution >= 0.6 is 11.3 Å².